The summed E-state index contributed by atoms with van der Waals surface area (Å²) in [6.07, 6.45) is 0. The third-order valence-corrected chi connectivity index (χ3v) is 14.0. The number of hydrogen-bond acceptors (Lipinski definition) is 4. The van der Waals surface area contributed by atoms with Gasteiger partial charge in [-0.05, 0) is 162 Å². The molecule has 0 heterocycles. The molecule has 0 aromatic heterocycles. The summed E-state index contributed by atoms with van der Waals surface area (Å²) >= 11 is 0. The summed E-state index contributed by atoms with van der Waals surface area (Å²) in [7, 11) is 0. The van der Waals surface area contributed by atoms with E-state index >= 15 is 0 Å². The van der Waals surface area contributed by atoms with Crippen molar-refractivity contribution in [3.05, 3.63) is 264 Å². The van der Waals surface area contributed by atoms with Crippen molar-refractivity contribution in [3.63, 3.8) is 0 Å². The Hall–Kier alpha value is -9.22. The molecular weight excluding hydrogens is 813 g/mol. The first-order valence-corrected chi connectivity index (χ1v) is 22.6. The molecule has 2 aliphatic rings. The third-order valence-electron chi connectivity index (χ3n) is 14.0. The van der Waals surface area contributed by atoms with Crippen LogP contribution < -0.4 is 9.80 Å². The fraction of sp³-hybridized carbons (Fsp3) is 0.0159. The van der Waals surface area contributed by atoms with Gasteiger partial charge in [0.05, 0.1) is 27.9 Å². The van der Waals surface area contributed by atoms with Gasteiger partial charge < -0.3 is 9.80 Å². The maximum atomic E-state index is 10.3. The second kappa shape index (κ2) is 14.9. The topological polar surface area (TPSA) is 54.1 Å². The van der Waals surface area contributed by atoms with E-state index in [0.29, 0.717) is 11.1 Å². The van der Waals surface area contributed by atoms with Crippen molar-refractivity contribution in [1.29, 1.82) is 10.5 Å². The Balaban J connectivity index is 1.09. The minimum Gasteiger partial charge on any atom is -0.309 e. The van der Waals surface area contributed by atoms with E-state index in [0.717, 1.165) is 50.3 Å². The van der Waals surface area contributed by atoms with Gasteiger partial charge >= 0.3 is 0 Å². The first kappa shape index (κ1) is 38.3. The predicted molar refractivity (Wildman–Crippen MR) is 274 cm³/mol. The predicted octanol–water partition coefficient (Wildman–Crippen LogP) is 16.2. The molecule has 0 fully saturated rings. The van der Waals surface area contributed by atoms with Crippen LogP contribution in [-0.4, -0.2) is 0 Å². The number of fused-ring (bicyclic) bond motifs is 15. The lowest BCUT2D eigenvalue weighted by Gasteiger charge is -2.32. The Bertz CT molecular complexity index is 3920. The molecule has 0 saturated carbocycles. The molecule has 13 rings (SSSR count). The molecule has 0 saturated heterocycles. The molecule has 0 amide bonds. The summed E-state index contributed by atoms with van der Waals surface area (Å²) in [5, 5.41) is 27.7. The minimum absolute atomic E-state index is 0.609. The largest absolute Gasteiger partial charge is 0.309 e. The van der Waals surface area contributed by atoms with Crippen LogP contribution in [0.25, 0.3) is 54.6 Å². The molecule has 1 atom stereocenters. The highest BCUT2D eigenvalue weighted by atomic mass is 15.1. The molecule has 4 nitrogen and oxygen atoms in total. The molecule has 4 heteroatoms. The standard InChI is InChI=1S/C63H38N4/c64-39-44-16-8-13-25-59(44)66(47-18-3-1-4-19-47)49-30-27-42-37-55-53-32-28-43-35-50(67(48-20-5-2-6-21-48)60-26-14-9-17-45(60)40-65)31-33-52(43)62(53)63(58(55)38-46(42)36-49)56-24-12-11-23-54(56)61-51-22-10-7-15-41(51)29-34-57(61)63/h1-38H. The van der Waals surface area contributed by atoms with E-state index in [1.165, 1.54) is 60.7 Å². The monoisotopic (exact) mass is 850 g/mol. The maximum Gasteiger partial charge on any atom is 0.101 e. The quantitative estimate of drug-likeness (QED) is 0.167. The first-order chi connectivity index (χ1) is 33.1. The lowest BCUT2D eigenvalue weighted by molar-refractivity contribution is 0.803. The van der Waals surface area contributed by atoms with Crippen LogP contribution in [0.3, 0.4) is 0 Å². The van der Waals surface area contributed by atoms with Crippen molar-refractivity contribution in [2.75, 3.05) is 9.80 Å². The number of para-hydroxylation sites is 4. The molecule has 11 aromatic rings. The second-order valence-electron chi connectivity index (χ2n) is 17.4. The zero-order chi connectivity index (χ0) is 44.6. The molecule has 0 aliphatic heterocycles. The average molecular weight is 851 g/mol. The molecule has 1 spiro atoms. The number of nitrogens with zero attached hydrogens (tertiary/aromatic N) is 4. The van der Waals surface area contributed by atoms with Crippen LogP contribution in [0.2, 0.25) is 0 Å². The zero-order valence-electron chi connectivity index (χ0n) is 36.2. The van der Waals surface area contributed by atoms with Gasteiger partial charge in [0.2, 0.25) is 0 Å². The SMILES string of the molecule is N#Cc1ccccc1N(c1ccccc1)c1ccc2cc3c(cc2c1)C1(c2ccccc2-c2c1ccc1ccccc21)c1c-3ccc2cc(N(c3ccccc3)c3ccccc3C#N)ccc12. The van der Waals surface area contributed by atoms with E-state index in [2.05, 4.69) is 168 Å². The highest BCUT2D eigenvalue weighted by Gasteiger charge is 2.53. The van der Waals surface area contributed by atoms with Crippen molar-refractivity contribution in [1.82, 2.24) is 0 Å². The van der Waals surface area contributed by atoms with Crippen molar-refractivity contribution in [3.8, 4) is 34.4 Å². The van der Waals surface area contributed by atoms with Gasteiger partial charge in [0.1, 0.15) is 12.1 Å². The van der Waals surface area contributed by atoms with E-state index in [4.69, 9.17) is 0 Å². The summed E-state index contributed by atoms with van der Waals surface area (Å²) in [4.78, 5) is 4.39. The summed E-state index contributed by atoms with van der Waals surface area (Å²) in [5.74, 6) is 0. The van der Waals surface area contributed by atoms with Crippen molar-refractivity contribution >= 4 is 66.4 Å². The van der Waals surface area contributed by atoms with Crippen LogP contribution >= 0.6 is 0 Å². The van der Waals surface area contributed by atoms with Gasteiger partial charge in [-0.2, -0.15) is 10.5 Å². The molecule has 67 heavy (non-hydrogen) atoms. The van der Waals surface area contributed by atoms with Crippen molar-refractivity contribution in [2.24, 2.45) is 0 Å². The van der Waals surface area contributed by atoms with E-state index in [-0.39, 0.29) is 0 Å². The molecule has 2 aliphatic carbocycles. The van der Waals surface area contributed by atoms with Crippen molar-refractivity contribution < 1.29 is 0 Å². The molecule has 0 radical (unpaired) electrons. The zero-order valence-corrected chi connectivity index (χ0v) is 36.2. The maximum absolute atomic E-state index is 10.3. The van der Waals surface area contributed by atoms with Gasteiger partial charge in [-0.25, -0.2) is 0 Å². The average Bonchev–Trinajstić information content (AvgIpc) is 3.86. The highest BCUT2D eigenvalue weighted by Crippen LogP contribution is 2.65. The van der Waals surface area contributed by atoms with Crippen LogP contribution in [0.15, 0.2) is 231 Å². The Labute approximate surface area is 388 Å². The number of rotatable bonds is 6. The molecule has 310 valence electrons. The van der Waals surface area contributed by atoms with E-state index in [1.807, 2.05) is 84.9 Å². The Morgan fingerprint density at radius 3 is 1.60 bits per heavy atom. The Morgan fingerprint density at radius 2 is 0.896 bits per heavy atom. The molecule has 0 N–H and O–H groups in total. The first-order valence-electron chi connectivity index (χ1n) is 22.6. The second-order valence-corrected chi connectivity index (χ2v) is 17.4. The summed E-state index contributed by atoms with van der Waals surface area (Å²) in [5.41, 5.74) is 16.2. The Morgan fingerprint density at radius 1 is 0.328 bits per heavy atom. The number of benzene rings is 11. The molecular formula is C63H38N4. The highest BCUT2D eigenvalue weighted by molar-refractivity contribution is 6.11. The van der Waals surface area contributed by atoms with Gasteiger partial charge in [-0.3, -0.25) is 0 Å². The fourth-order valence-corrected chi connectivity index (χ4v) is 11.3. The fourth-order valence-electron chi connectivity index (χ4n) is 11.3. The van der Waals surface area contributed by atoms with Gasteiger partial charge in [0.15, 0.2) is 0 Å². The number of anilines is 6. The van der Waals surface area contributed by atoms with Crippen LogP contribution in [0.4, 0.5) is 34.1 Å². The third kappa shape index (κ3) is 5.58. The minimum atomic E-state index is -0.648. The van der Waals surface area contributed by atoms with Gasteiger partial charge in [-0.1, -0.05) is 146 Å². The van der Waals surface area contributed by atoms with Gasteiger partial charge in [-0.15, -0.1) is 0 Å². The van der Waals surface area contributed by atoms with E-state index < -0.39 is 5.41 Å². The van der Waals surface area contributed by atoms with Gasteiger partial charge in [0.25, 0.3) is 0 Å². The number of nitriles is 2. The lowest BCUT2D eigenvalue weighted by Crippen LogP contribution is -2.26. The molecule has 1 unspecified atom stereocenters. The van der Waals surface area contributed by atoms with E-state index in [9.17, 15) is 10.5 Å². The van der Waals surface area contributed by atoms with Crippen molar-refractivity contribution in [2.45, 2.75) is 5.41 Å². The van der Waals surface area contributed by atoms with Crippen LogP contribution in [-0.2, 0) is 5.41 Å². The lowest BCUT2D eigenvalue weighted by atomic mass is 9.69. The molecule has 0 bridgehead atoms. The van der Waals surface area contributed by atoms with Crippen LogP contribution in [0.1, 0.15) is 33.4 Å². The number of hydrogen-bond donors (Lipinski definition) is 0. The summed E-state index contributed by atoms with van der Waals surface area (Å²) in [6.45, 7) is 0. The molecule has 11 aromatic carbocycles. The van der Waals surface area contributed by atoms with Crippen LogP contribution in [0.5, 0.6) is 0 Å². The Kier molecular flexibility index (Phi) is 8.52. The normalized spacial score (nSPS) is 14.0. The summed E-state index contributed by atoms with van der Waals surface area (Å²) < 4.78 is 0. The smallest absolute Gasteiger partial charge is 0.101 e. The van der Waals surface area contributed by atoms with Gasteiger partial charge in [0, 0.05) is 22.7 Å². The summed E-state index contributed by atoms with van der Waals surface area (Å²) in [6, 6.07) is 86.7. The van der Waals surface area contributed by atoms with E-state index in [1.54, 1.807) is 0 Å². The van der Waals surface area contributed by atoms with Crippen LogP contribution in [0, 0.1) is 22.7 Å².